The maximum atomic E-state index is 13.0. The van der Waals surface area contributed by atoms with Crippen molar-refractivity contribution in [2.45, 2.75) is 0 Å². The van der Waals surface area contributed by atoms with Crippen molar-refractivity contribution in [3.8, 4) is 0 Å². The Morgan fingerprint density at radius 1 is 1.46 bits per heavy atom. The molecule has 1 aromatic heterocycles. The summed E-state index contributed by atoms with van der Waals surface area (Å²) in [6, 6.07) is 4.19. The van der Waals surface area contributed by atoms with Crippen molar-refractivity contribution in [1.29, 1.82) is 0 Å². The van der Waals surface area contributed by atoms with Crippen LogP contribution < -0.4 is 11.2 Å². The van der Waals surface area contributed by atoms with Gasteiger partial charge in [-0.05, 0) is 12.1 Å². The topological polar surface area (TPSA) is 71.8 Å². The Bertz CT molecular complexity index is 520. The van der Waals surface area contributed by atoms with Crippen LogP contribution in [-0.4, -0.2) is 10.2 Å². The van der Waals surface area contributed by atoms with E-state index < -0.39 is 11.2 Å². The summed E-state index contributed by atoms with van der Waals surface area (Å²) in [6.45, 7) is 0. The third kappa shape index (κ3) is 1.05. The van der Waals surface area contributed by atoms with Gasteiger partial charge in [0.2, 0.25) is 5.43 Å². The number of benzene rings is 1. The van der Waals surface area contributed by atoms with Gasteiger partial charge in [-0.1, -0.05) is 6.07 Å². The number of nitrogens with one attached hydrogen (secondary N) is 1. The molecule has 0 spiro atoms. The number of fused-ring (bicyclic) bond motifs is 1. The number of rotatable bonds is 0. The first-order valence-corrected chi connectivity index (χ1v) is 3.62. The molecule has 0 aliphatic carbocycles. The van der Waals surface area contributed by atoms with E-state index in [-0.39, 0.29) is 16.7 Å². The Balaban J connectivity index is 3.03. The average molecular weight is 179 g/mol. The largest absolute Gasteiger partial charge is 0.379 e. The molecule has 3 N–H and O–H groups in total. The fourth-order valence-electron chi connectivity index (χ4n) is 1.13. The third-order valence-electron chi connectivity index (χ3n) is 1.78. The van der Waals surface area contributed by atoms with Gasteiger partial charge < -0.3 is 5.73 Å². The summed E-state index contributed by atoms with van der Waals surface area (Å²) >= 11 is 0. The molecule has 1 aromatic carbocycles. The van der Waals surface area contributed by atoms with Crippen molar-refractivity contribution in [3.63, 3.8) is 0 Å². The van der Waals surface area contributed by atoms with Gasteiger partial charge in [0.05, 0.1) is 5.39 Å². The molecule has 0 amide bonds. The highest BCUT2D eigenvalue weighted by Gasteiger charge is 2.05. The van der Waals surface area contributed by atoms with E-state index in [4.69, 9.17) is 5.73 Å². The van der Waals surface area contributed by atoms with Crippen LogP contribution in [0.2, 0.25) is 0 Å². The van der Waals surface area contributed by atoms with Crippen LogP contribution in [0.5, 0.6) is 0 Å². The van der Waals surface area contributed by atoms with Crippen LogP contribution >= 0.6 is 0 Å². The van der Waals surface area contributed by atoms with Gasteiger partial charge >= 0.3 is 0 Å². The van der Waals surface area contributed by atoms with Crippen molar-refractivity contribution in [2.75, 3.05) is 5.73 Å². The summed E-state index contributed by atoms with van der Waals surface area (Å²) in [6.07, 6.45) is 0. The second-order valence-corrected chi connectivity index (χ2v) is 2.60. The predicted octanol–water partition coefficient (Wildman–Crippen LogP) is 0.644. The summed E-state index contributed by atoms with van der Waals surface area (Å²) in [7, 11) is 0. The molecular formula is C8H6FN3O. The number of aromatic nitrogens is 2. The molecule has 0 fully saturated rings. The van der Waals surface area contributed by atoms with E-state index in [9.17, 15) is 9.18 Å². The van der Waals surface area contributed by atoms with Gasteiger partial charge in [0.25, 0.3) is 0 Å². The van der Waals surface area contributed by atoms with E-state index in [1.807, 2.05) is 0 Å². The lowest BCUT2D eigenvalue weighted by Gasteiger charge is -1.98. The minimum absolute atomic E-state index is 0.0849. The van der Waals surface area contributed by atoms with E-state index >= 15 is 0 Å². The van der Waals surface area contributed by atoms with Gasteiger partial charge in [-0.25, -0.2) is 4.39 Å². The lowest BCUT2D eigenvalue weighted by atomic mass is 10.2. The number of anilines is 1. The van der Waals surface area contributed by atoms with Crippen LogP contribution in [0, 0.1) is 5.82 Å². The minimum atomic E-state index is -0.512. The van der Waals surface area contributed by atoms with E-state index in [1.165, 1.54) is 18.2 Å². The quantitative estimate of drug-likeness (QED) is 0.623. The first kappa shape index (κ1) is 7.72. The molecule has 0 unspecified atom stereocenters. The fourth-order valence-corrected chi connectivity index (χ4v) is 1.13. The van der Waals surface area contributed by atoms with E-state index in [0.29, 0.717) is 0 Å². The molecule has 0 aliphatic heterocycles. The number of nitrogens with zero attached hydrogens (tertiary/aromatic N) is 1. The highest BCUT2D eigenvalue weighted by Crippen LogP contribution is 2.10. The molecule has 0 saturated heterocycles. The summed E-state index contributed by atoms with van der Waals surface area (Å²) in [5.74, 6) is -0.666. The Labute approximate surface area is 72.2 Å². The Morgan fingerprint density at radius 3 is 3.00 bits per heavy atom. The molecule has 5 heteroatoms. The molecular weight excluding hydrogens is 173 g/mol. The maximum absolute atomic E-state index is 13.0. The first-order chi connectivity index (χ1) is 6.20. The number of nitrogen functional groups attached to an aromatic ring is 1. The van der Waals surface area contributed by atoms with Crippen LogP contribution in [-0.2, 0) is 0 Å². The second kappa shape index (κ2) is 2.55. The number of halogens is 1. The normalized spacial score (nSPS) is 10.5. The van der Waals surface area contributed by atoms with Crippen LogP contribution in [0.15, 0.2) is 23.0 Å². The Kier molecular flexibility index (Phi) is 1.51. The molecule has 1 heterocycles. The summed E-state index contributed by atoms with van der Waals surface area (Å²) in [4.78, 5) is 11.3. The van der Waals surface area contributed by atoms with Crippen molar-refractivity contribution >= 4 is 16.7 Å². The van der Waals surface area contributed by atoms with E-state index in [2.05, 4.69) is 10.2 Å². The fraction of sp³-hybridized carbons (Fsp3) is 0. The number of aromatic amines is 1. The molecule has 0 atom stereocenters. The highest BCUT2D eigenvalue weighted by molar-refractivity contribution is 5.80. The average Bonchev–Trinajstić information content (AvgIpc) is 2.12. The molecule has 0 bridgehead atoms. The summed E-state index contributed by atoms with van der Waals surface area (Å²) in [5.41, 5.74) is 4.89. The smallest absolute Gasteiger partial charge is 0.231 e. The molecule has 13 heavy (non-hydrogen) atoms. The summed E-state index contributed by atoms with van der Waals surface area (Å²) in [5, 5.41) is 6.06. The second-order valence-electron chi connectivity index (χ2n) is 2.60. The van der Waals surface area contributed by atoms with Gasteiger partial charge in [0.1, 0.15) is 11.3 Å². The number of hydrogen-bond acceptors (Lipinski definition) is 3. The number of hydrogen-bond donors (Lipinski definition) is 2. The number of H-pyrrole nitrogens is 1. The molecule has 0 saturated carbocycles. The standard InChI is InChI=1S/C8H6FN3O/c9-5-3-1-2-4-6(5)11-12-8(10)7(4)13/h1-3H,(H2,10,12)(H,11,13). The first-order valence-electron chi connectivity index (χ1n) is 3.62. The maximum Gasteiger partial charge on any atom is 0.231 e. The summed E-state index contributed by atoms with van der Waals surface area (Å²) < 4.78 is 13.0. The Hall–Kier alpha value is -1.91. The minimum Gasteiger partial charge on any atom is -0.379 e. The lowest BCUT2D eigenvalue weighted by molar-refractivity contribution is 0.635. The zero-order valence-electron chi connectivity index (χ0n) is 6.54. The lowest BCUT2D eigenvalue weighted by Crippen LogP contribution is -2.12. The van der Waals surface area contributed by atoms with Crippen molar-refractivity contribution in [3.05, 3.63) is 34.2 Å². The van der Waals surface area contributed by atoms with Crippen molar-refractivity contribution < 1.29 is 4.39 Å². The van der Waals surface area contributed by atoms with Crippen molar-refractivity contribution in [1.82, 2.24) is 10.2 Å². The van der Waals surface area contributed by atoms with Gasteiger partial charge in [-0.15, -0.1) is 0 Å². The van der Waals surface area contributed by atoms with Gasteiger partial charge in [0.15, 0.2) is 5.82 Å². The molecule has 2 rings (SSSR count). The van der Waals surface area contributed by atoms with E-state index in [0.717, 1.165) is 0 Å². The SMILES string of the molecule is Nc1n[nH]c2c(F)cccc2c1=O. The van der Waals surface area contributed by atoms with Crippen LogP contribution in [0.1, 0.15) is 0 Å². The number of para-hydroxylation sites is 1. The highest BCUT2D eigenvalue weighted by atomic mass is 19.1. The van der Waals surface area contributed by atoms with E-state index in [1.54, 1.807) is 0 Å². The predicted molar refractivity (Wildman–Crippen MR) is 46.7 cm³/mol. The van der Waals surface area contributed by atoms with Crippen molar-refractivity contribution in [2.24, 2.45) is 0 Å². The van der Waals surface area contributed by atoms with Crippen LogP contribution in [0.25, 0.3) is 10.9 Å². The molecule has 2 aromatic rings. The third-order valence-corrected chi connectivity index (χ3v) is 1.78. The van der Waals surface area contributed by atoms with Gasteiger partial charge in [-0.3, -0.25) is 9.89 Å². The molecule has 0 radical (unpaired) electrons. The Morgan fingerprint density at radius 2 is 2.23 bits per heavy atom. The molecule has 4 nitrogen and oxygen atoms in total. The van der Waals surface area contributed by atoms with Gasteiger partial charge in [-0.2, -0.15) is 5.10 Å². The number of nitrogens with two attached hydrogens (primary N) is 1. The molecule has 66 valence electrons. The monoisotopic (exact) mass is 179 g/mol. The zero-order valence-corrected chi connectivity index (χ0v) is 6.54. The molecule has 0 aliphatic rings. The van der Waals surface area contributed by atoms with Crippen LogP contribution in [0.4, 0.5) is 10.2 Å². The zero-order chi connectivity index (χ0) is 9.42. The van der Waals surface area contributed by atoms with Crippen LogP contribution in [0.3, 0.4) is 0 Å². The van der Waals surface area contributed by atoms with Gasteiger partial charge in [0, 0.05) is 0 Å².